The number of ketones is 2. The summed E-state index contributed by atoms with van der Waals surface area (Å²) in [5, 5.41) is 2.91. The van der Waals surface area contributed by atoms with E-state index in [0.29, 0.717) is 30.4 Å². The van der Waals surface area contributed by atoms with E-state index in [1.165, 1.54) is 27.9 Å². The molecule has 0 aromatic heterocycles. The van der Waals surface area contributed by atoms with E-state index >= 15 is 0 Å². The number of hydrogen-bond acceptors (Lipinski definition) is 11. The van der Waals surface area contributed by atoms with Crippen molar-refractivity contribution in [2.24, 2.45) is 28.3 Å². The second-order valence-electron chi connectivity index (χ2n) is 15.0. The standard InChI is InChI=1S/C38H53N7O9/c1-5-52-36(49)44-15-16-45(25(21-44)20-42-34(48)24(7-6-13-41-35(39)40)18-26(47)17-22(2)46)37(50)53-30-11-9-27-28-19-23-8-10-29(51-4)32-31(23)38(27,33(30)54-32)12-14-43(28)3/h8,10-11,24-25,27-28,33H,5-7,9,12-21H2,1-4H3,(H,42,48)(H4,39,40,41)/t24-,25?,27?,28-,33-,38+/m1/s1. The van der Waals surface area contributed by atoms with Crippen LogP contribution in [0.5, 0.6) is 11.5 Å². The zero-order valence-electron chi connectivity index (χ0n) is 31.6. The van der Waals surface area contributed by atoms with Crippen LogP contribution in [-0.2, 0) is 35.7 Å². The highest BCUT2D eigenvalue weighted by molar-refractivity contribution is 5.99. The van der Waals surface area contributed by atoms with Crippen molar-refractivity contribution in [3.63, 3.8) is 0 Å². The second kappa shape index (κ2) is 16.2. The van der Waals surface area contributed by atoms with Crippen LogP contribution in [0.25, 0.3) is 0 Å². The molecule has 3 aliphatic heterocycles. The fourth-order valence-corrected chi connectivity index (χ4v) is 9.23. The summed E-state index contributed by atoms with van der Waals surface area (Å²) < 4.78 is 24.0. The normalized spacial score (nSPS) is 25.7. The van der Waals surface area contributed by atoms with Gasteiger partial charge in [-0.15, -0.1) is 0 Å². The SMILES string of the molecule is CCOC(=O)N1CCN(C(=O)OC2=CCC3[C@H]4Cc5ccc(OC)c6c5[C@@]3(CCN4C)[C@@H]2O6)C(CNC(=O)[C@H](CCCN=C(N)N)CC(=O)CC(C)=O)C1. The molecule has 2 fully saturated rings. The summed E-state index contributed by atoms with van der Waals surface area (Å²) in [6, 6.07) is 3.72. The minimum atomic E-state index is -0.757. The molecule has 1 aromatic rings. The largest absolute Gasteiger partial charge is 0.493 e. The average Bonchev–Trinajstić information content (AvgIpc) is 3.49. The number of carbonyl (C=O) groups is 5. The Morgan fingerprint density at radius 1 is 1.13 bits per heavy atom. The van der Waals surface area contributed by atoms with E-state index in [9.17, 15) is 24.0 Å². The number of ether oxygens (including phenoxy) is 4. The number of nitrogens with two attached hydrogens (primary N) is 2. The van der Waals surface area contributed by atoms with Crippen molar-refractivity contribution in [3.8, 4) is 11.5 Å². The number of benzene rings is 1. The van der Waals surface area contributed by atoms with Crippen LogP contribution < -0.4 is 26.3 Å². The molecule has 3 heterocycles. The molecule has 2 unspecified atom stereocenters. The average molecular weight is 752 g/mol. The van der Waals surface area contributed by atoms with E-state index in [-0.39, 0.29) is 81.0 Å². The maximum absolute atomic E-state index is 14.2. The van der Waals surface area contributed by atoms with E-state index in [2.05, 4.69) is 28.3 Å². The predicted molar refractivity (Wildman–Crippen MR) is 197 cm³/mol. The number of rotatable bonds is 14. The van der Waals surface area contributed by atoms with Crippen molar-refractivity contribution >= 4 is 35.6 Å². The van der Waals surface area contributed by atoms with Gasteiger partial charge < -0.3 is 45.5 Å². The molecule has 0 radical (unpaired) electrons. The van der Waals surface area contributed by atoms with Gasteiger partial charge in [0, 0.05) is 62.1 Å². The molecule has 294 valence electrons. The number of piperidine rings is 1. The van der Waals surface area contributed by atoms with Crippen LogP contribution in [0.3, 0.4) is 0 Å². The molecule has 1 spiro atoms. The molecule has 6 atom stereocenters. The highest BCUT2D eigenvalue weighted by Gasteiger charge is 2.65. The van der Waals surface area contributed by atoms with Crippen LogP contribution in [0.1, 0.15) is 63.5 Å². The number of nitrogens with zero attached hydrogens (tertiary/aromatic N) is 4. The number of piperazine rings is 1. The molecule has 1 aromatic carbocycles. The first-order valence-electron chi connectivity index (χ1n) is 18.9. The maximum atomic E-state index is 14.2. The third kappa shape index (κ3) is 7.57. The first kappa shape index (κ1) is 38.9. The Morgan fingerprint density at radius 3 is 2.65 bits per heavy atom. The van der Waals surface area contributed by atoms with Crippen LogP contribution >= 0.6 is 0 Å². The summed E-state index contributed by atoms with van der Waals surface area (Å²) in [6.45, 7) is 4.76. The van der Waals surface area contributed by atoms with E-state index in [1.54, 1.807) is 14.0 Å². The van der Waals surface area contributed by atoms with Gasteiger partial charge in [-0.1, -0.05) is 6.07 Å². The molecule has 16 nitrogen and oxygen atoms in total. The number of aliphatic imine (C=N–C) groups is 1. The molecule has 16 heteroatoms. The number of guanidine groups is 1. The van der Waals surface area contributed by atoms with Crippen LogP contribution in [0.4, 0.5) is 9.59 Å². The number of likely N-dealkylation sites (tertiary alicyclic amines) is 1. The first-order valence-corrected chi connectivity index (χ1v) is 18.9. The van der Waals surface area contributed by atoms with Gasteiger partial charge in [0.15, 0.2) is 23.6 Å². The minimum Gasteiger partial charge on any atom is -0.493 e. The van der Waals surface area contributed by atoms with Crippen molar-refractivity contribution in [3.05, 3.63) is 35.1 Å². The number of allylic oxidation sites excluding steroid dienone is 1. The highest BCUT2D eigenvalue weighted by Crippen LogP contribution is 2.63. The van der Waals surface area contributed by atoms with Gasteiger partial charge in [-0.3, -0.25) is 24.3 Å². The smallest absolute Gasteiger partial charge is 0.415 e. The molecular weight excluding hydrogens is 698 g/mol. The van der Waals surface area contributed by atoms with Crippen LogP contribution in [0, 0.1) is 11.8 Å². The molecule has 2 saturated heterocycles. The number of methoxy groups -OCH3 is 1. The summed E-state index contributed by atoms with van der Waals surface area (Å²) in [5.74, 6) is 0.203. The Morgan fingerprint density at radius 2 is 1.93 bits per heavy atom. The number of amides is 3. The van der Waals surface area contributed by atoms with E-state index in [0.717, 1.165) is 31.6 Å². The lowest BCUT2D eigenvalue weighted by molar-refractivity contribution is -0.132. The maximum Gasteiger partial charge on any atom is 0.415 e. The Bertz CT molecular complexity index is 1710. The summed E-state index contributed by atoms with van der Waals surface area (Å²) in [7, 11) is 3.80. The molecule has 6 rings (SSSR count). The van der Waals surface area contributed by atoms with Crippen molar-refractivity contribution in [2.75, 3.05) is 60.0 Å². The first-order chi connectivity index (χ1) is 25.9. The summed E-state index contributed by atoms with van der Waals surface area (Å²) in [6.07, 6.45) is 3.11. The number of nitrogens with one attached hydrogen (secondary N) is 1. The Balaban J connectivity index is 1.20. The van der Waals surface area contributed by atoms with E-state index in [4.69, 9.17) is 30.4 Å². The highest BCUT2D eigenvalue weighted by atomic mass is 16.6. The minimum absolute atomic E-state index is 0.0276. The Labute approximate surface area is 315 Å². The molecule has 0 saturated carbocycles. The quantitative estimate of drug-likeness (QED) is 0.108. The van der Waals surface area contributed by atoms with E-state index in [1.807, 2.05) is 12.1 Å². The van der Waals surface area contributed by atoms with Crippen molar-refractivity contribution in [1.82, 2.24) is 20.0 Å². The third-order valence-corrected chi connectivity index (χ3v) is 11.7. The Hall–Kier alpha value is -4.86. The lowest BCUT2D eigenvalue weighted by Crippen LogP contribution is -2.64. The monoisotopic (exact) mass is 751 g/mol. The number of Topliss-reactive ketones (excluding diaryl/α,β-unsaturated/α-hetero) is 2. The van der Waals surface area contributed by atoms with E-state index < -0.39 is 36.2 Å². The van der Waals surface area contributed by atoms with Gasteiger partial charge in [-0.05, 0) is 83.2 Å². The zero-order valence-corrected chi connectivity index (χ0v) is 31.6. The van der Waals surface area contributed by atoms with Gasteiger partial charge in [-0.25, -0.2) is 9.59 Å². The number of carbonyl (C=O) groups excluding carboxylic acids is 5. The van der Waals surface area contributed by atoms with Crippen molar-refractivity contribution < 1.29 is 42.9 Å². The lowest BCUT2D eigenvalue weighted by atomic mass is 9.53. The van der Waals surface area contributed by atoms with Crippen LogP contribution in [0.15, 0.2) is 29.0 Å². The van der Waals surface area contributed by atoms with Gasteiger partial charge >= 0.3 is 12.2 Å². The Kier molecular flexibility index (Phi) is 11.7. The van der Waals surface area contributed by atoms with Crippen LogP contribution in [-0.4, -0.2) is 129 Å². The molecule has 3 amide bonds. The second-order valence-corrected chi connectivity index (χ2v) is 15.0. The topological polar surface area (TPSA) is 208 Å². The summed E-state index contributed by atoms with van der Waals surface area (Å²) in [4.78, 5) is 74.3. The summed E-state index contributed by atoms with van der Waals surface area (Å²) >= 11 is 0. The van der Waals surface area contributed by atoms with Gasteiger partial charge in [0.2, 0.25) is 5.91 Å². The fourth-order valence-electron chi connectivity index (χ4n) is 9.23. The molecule has 5 N–H and O–H groups in total. The van der Waals surface area contributed by atoms with Gasteiger partial charge in [-0.2, -0.15) is 0 Å². The molecule has 54 heavy (non-hydrogen) atoms. The molecule has 2 bridgehead atoms. The molecular formula is C38H53N7O9. The number of hydrogen-bond donors (Lipinski definition) is 3. The van der Waals surface area contributed by atoms with Gasteiger partial charge in [0.05, 0.1) is 26.2 Å². The predicted octanol–water partition coefficient (Wildman–Crippen LogP) is 1.86. The lowest BCUT2D eigenvalue weighted by Gasteiger charge is -2.56. The van der Waals surface area contributed by atoms with Crippen molar-refractivity contribution in [2.45, 2.75) is 82.4 Å². The summed E-state index contributed by atoms with van der Waals surface area (Å²) in [5.41, 5.74) is 12.9. The molecule has 5 aliphatic rings. The van der Waals surface area contributed by atoms with Crippen molar-refractivity contribution in [1.29, 1.82) is 0 Å². The van der Waals surface area contributed by atoms with Gasteiger partial charge in [0.25, 0.3) is 0 Å². The number of likely N-dealkylation sites (N-methyl/N-ethyl adjacent to an activating group) is 1. The van der Waals surface area contributed by atoms with Gasteiger partial charge in [0.1, 0.15) is 17.3 Å². The third-order valence-electron chi connectivity index (χ3n) is 11.7. The zero-order chi connectivity index (χ0) is 38.7. The van der Waals surface area contributed by atoms with Crippen LogP contribution in [0.2, 0.25) is 0 Å². The fraction of sp³-hybridized carbons (Fsp3) is 0.632. The molecule has 2 aliphatic carbocycles.